The minimum atomic E-state index is 0.453. The van der Waals surface area contributed by atoms with Crippen LogP contribution in [-0.4, -0.2) is 67.8 Å². The molecule has 0 aliphatic heterocycles. The molecule has 2 aromatic heterocycles. The quantitative estimate of drug-likeness (QED) is 0.352. The fourth-order valence-corrected chi connectivity index (χ4v) is 3.01. The number of ether oxygens (including phenoxy) is 3. The van der Waals surface area contributed by atoms with Crippen molar-refractivity contribution in [3.63, 3.8) is 0 Å². The van der Waals surface area contributed by atoms with Crippen LogP contribution in [0.2, 0.25) is 0 Å². The zero-order valence-corrected chi connectivity index (χ0v) is 17.2. The molecule has 4 rings (SSSR count). The lowest BCUT2D eigenvalue weighted by atomic mass is 10.2. The Morgan fingerprint density at radius 3 is 1.45 bits per heavy atom. The van der Waals surface area contributed by atoms with Gasteiger partial charge in [0.25, 0.3) is 0 Å². The summed E-state index contributed by atoms with van der Waals surface area (Å²) < 4.78 is 19.6. The van der Waals surface area contributed by atoms with E-state index < -0.39 is 0 Å². The summed E-state index contributed by atoms with van der Waals surface area (Å²) in [5.41, 5.74) is 1.81. The largest absolute Gasteiger partial charge is 0.497 e. The van der Waals surface area contributed by atoms with E-state index in [0.29, 0.717) is 38.0 Å². The number of rotatable bonds is 10. The van der Waals surface area contributed by atoms with Gasteiger partial charge in [0.2, 0.25) is 0 Å². The monoisotopic (exact) mass is 422 g/mol. The highest BCUT2D eigenvalue weighted by Gasteiger charge is 2.11. The molecule has 0 spiro atoms. The van der Waals surface area contributed by atoms with Crippen LogP contribution in [0.4, 0.5) is 0 Å². The number of tetrazole rings is 2. The molecule has 11 nitrogen and oxygen atoms in total. The first-order valence-corrected chi connectivity index (χ1v) is 9.67. The molecule has 0 aliphatic carbocycles. The highest BCUT2D eigenvalue weighted by Crippen LogP contribution is 2.20. The third-order valence-electron chi connectivity index (χ3n) is 4.66. The van der Waals surface area contributed by atoms with Gasteiger partial charge in [-0.1, -0.05) is 0 Å². The number of nitrogens with zero attached hydrogens (tertiary/aromatic N) is 8. The second kappa shape index (κ2) is 9.76. The number of methoxy groups -OCH3 is 2. The molecule has 0 saturated heterocycles. The van der Waals surface area contributed by atoms with Crippen molar-refractivity contribution >= 4 is 0 Å². The number of hydrogen-bond donors (Lipinski definition) is 0. The van der Waals surface area contributed by atoms with Gasteiger partial charge in [0.15, 0.2) is 11.6 Å². The van der Waals surface area contributed by atoms with Crippen molar-refractivity contribution in [2.24, 2.45) is 0 Å². The van der Waals surface area contributed by atoms with E-state index in [4.69, 9.17) is 14.2 Å². The second-order valence-corrected chi connectivity index (χ2v) is 6.52. The zero-order chi connectivity index (χ0) is 21.5. The van der Waals surface area contributed by atoms with E-state index in [1.54, 1.807) is 23.6 Å². The Labute approximate surface area is 178 Å². The first kappa shape index (κ1) is 20.4. The zero-order valence-electron chi connectivity index (χ0n) is 17.2. The molecule has 11 heteroatoms. The molecule has 2 aromatic carbocycles. The summed E-state index contributed by atoms with van der Waals surface area (Å²) in [6, 6.07) is 15.2. The average Bonchev–Trinajstić information content (AvgIpc) is 3.49. The Kier molecular flexibility index (Phi) is 6.43. The molecular formula is C20H22N8O3. The van der Waals surface area contributed by atoms with E-state index in [2.05, 4.69) is 31.1 Å². The molecule has 0 amide bonds. The average molecular weight is 422 g/mol. The van der Waals surface area contributed by atoms with Gasteiger partial charge in [0.1, 0.15) is 11.5 Å². The molecule has 160 valence electrons. The fourth-order valence-electron chi connectivity index (χ4n) is 3.01. The summed E-state index contributed by atoms with van der Waals surface area (Å²) in [6.45, 7) is 1.95. The van der Waals surface area contributed by atoms with Crippen LogP contribution in [0.5, 0.6) is 11.5 Å². The predicted octanol–water partition coefficient (Wildman–Crippen LogP) is 1.73. The first-order valence-electron chi connectivity index (χ1n) is 9.67. The normalized spacial score (nSPS) is 10.9. The second-order valence-electron chi connectivity index (χ2n) is 6.52. The lowest BCUT2D eigenvalue weighted by Crippen LogP contribution is -2.13. The van der Waals surface area contributed by atoms with Gasteiger partial charge in [-0.15, -0.1) is 10.2 Å². The van der Waals surface area contributed by atoms with E-state index in [-0.39, 0.29) is 0 Å². The SMILES string of the molecule is COc1ccc(-c2nnnn2CCOCCn2nnnc2-c2ccc(OC)cc2)cc1. The maximum absolute atomic E-state index is 5.76. The van der Waals surface area contributed by atoms with Gasteiger partial charge in [-0.3, -0.25) is 0 Å². The van der Waals surface area contributed by atoms with Crippen LogP contribution in [0.3, 0.4) is 0 Å². The smallest absolute Gasteiger partial charge is 0.182 e. The van der Waals surface area contributed by atoms with Gasteiger partial charge < -0.3 is 14.2 Å². The number of benzene rings is 2. The summed E-state index contributed by atoms with van der Waals surface area (Å²) in [5, 5.41) is 23.9. The van der Waals surface area contributed by atoms with Crippen LogP contribution in [-0.2, 0) is 17.8 Å². The third-order valence-corrected chi connectivity index (χ3v) is 4.66. The van der Waals surface area contributed by atoms with Gasteiger partial charge in [0.05, 0.1) is 40.5 Å². The van der Waals surface area contributed by atoms with Crippen LogP contribution >= 0.6 is 0 Å². The van der Waals surface area contributed by atoms with E-state index in [9.17, 15) is 0 Å². The summed E-state index contributed by atoms with van der Waals surface area (Å²) in [7, 11) is 3.26. The van der Waals surface area contributed by atoms with E-state index in [0.717, 1.165) is 22.6 Å². The lowest BCUT2D eigenvalue weighted by molar-refractivity contribution is 0.114. The molecule has 4 aromatic rings. The summed E-state index contributed by atoms with van der Waals surface area (Å²) in [5.74, 6) is 2.91. The van der Waals surface area contributed by atoms with Crippen molar-refractivity contribution in [2.45, 2.75) is 13.1 Å². The van der Waals surface area contributed by atoms with Crippen LogP contribution in [0.15, 0.2) is 48.5 Å². The van der Waals surface area contributed by atoms with Crippen molar-refractivity contribution in [3.05, 3.63) is 48.5 Å². The van der Waals surface area contributed by atoms with Gasteiger partial charge in [-0.05, 0) is 69.4 Å². The standard InChI is InChI=1S/C20H22N8O3/c1-29-17-7-3-15(4-8-17)19-21-23-25-27(19)11-13-31-14-12-28-20(22-24-26-28)16-5-9-18(30-2)10-6-16/h3-10H,11-14H2,1-2H3. The van der Waals surface area contributed by atoms with Gasteiger partial charge >= 0.3 is 0 Å². The Morgan fingerprint density at radius 1 is 0.645 bits per heavy atom. The fraction of sp³-hybridized carbons (Fsp3) is 0.300. The molecule has 0 unspecified atom stereocenters. The topological polar surface area (TPSA) is 115 Å². The third kappa shape index (κ3) is 4.83. The Bertz CT molecular complexity index is 1000. The molecule has 0 saturated carbocycles. The Morgan fingerprint density at radius 2 is 1.06 bits per heavy atom. The van der Waals surface area contributed by atoms with Crippen molar-refractivity contribution in [2.75, 3.05) is 27.4 Å². The van der Waals surface area contributed by atoms with E-state index >= 15 is 0 Å². The number of hydrogen-bond acceptors (Lipinski definition) is 9. The highest BCUT2D eigenvalue weighted by atomic mass is 16.5. The molecule has 2 heterocycles. The van der Waals surface area contributed by atoms with Crippen molar-refractivity contribution in [3.8, 4) is 34.3 Å². The molecule has 0 aliphatic rings. The van der Waals surface area contributed by atoms with Gasteiger partial charge in [-0.25, -0.2) is 9.36 Å². The van der Waals surface area contributed by atoms with Crippen LogP contribution in [0, 0.1) is 0 Å². The van der Waals surface area contributed by atoms with E-state index in [1.807, 2.05) is 48.5 Å². The first-order chi connectivity index (χ1) is 15.3. The van der Waals surface area contributed by atoms with Gasteiger partial charge in [-0.2, -0.15) is 0 Å². The molecule has 0 fully saturated rings. The molecule has 31 heavy (non-hydrogen) atoms. The van der Waals surface area contributed by atoms with Crippen LogP contribution in [0.25, 0.3) is 22.8 Å². The van der Waals surface area contributed by atoms with Crippen molar-refractivity contribution in [1.29, 1.82) is 0 Å². The van der Waals surface area contributed by atoms with Gasteiger partial charge in [0, 0.05) is 11.1 Å². The molecule has 0 N–H and O–H groups in total. The Hall–Kier alpha value is -3.86. The maximum Gasteiger partial charge on any atom is 0.182 e. The minimum absolute atomic E-state index is 0.453. The highest BCUT2D eigenvalue weighted by molar-refractivity contribution is 5.56. The Balaban J connectivity index is 1.29. The molecule has 0 bridgehead atoms. The summed E-state index contributed by atoms with van der Waals surface area (Å²) in [4.78, 5) is 0. The lowest BCUT2D eigenvalue weighted by Gasteiger charge is -2.08. The van der Waals surface area contributed by atoms with Crippen LogP contribution < -0.4 is 9.47 Å². The van der Waals surface area contributed by atoms with E-state index in [1.165, 1.54) is 0 Å². The molecule has 0 radical (unpaired) electrons. The predicted molar refractivity (Wildman–Crippen MR) is 110 cm³/mol. The minimum Gasteiger partial charge on any atom is -0.497 e. The summed E-state index contributed by atoms with van der Waals surface area (Å²) >= 11 is 0. The van der Waals surface area contributed by atoms with Crippen molar-refractivity contribution in [1.82, 2.24) is 40.4 Å². The number of aromatic nitrogens is 8. The summed E-state index contributed by atoms with van der Waals surface area (Å²) in [6.07, 6.45) is 0. The van der Waals surface area contributed by atoms with Crippen molar-refractivity contribution < 1.29 is 14.2 Å². The van der Waals surface area contributed by atoms with Crippen LogP contribution in [0.1, 0.15) is 0 Å². The maximum atomic E-state index is 5.76. The molecular weight excluding hydrogens is 400 g/mol. The molecule has 0 atom stereocenters.